The smallest absolute Gasteiger partial charge is 0.273 e. The molecular weight excluding hydrogens is 244 g/mol. The molecule has 3 nitrogen and oxygen atoms in total. The standard InChI is InChI=1S/C14H12N2OS/c15-9-10-5-7-11(8-6-10)16-14(17)12-3-1-2-4-13(12)18-16/h1-8H,9,15H2. The Morgan fingerprint density at radius 3 is 2.44 bits per heavy atom. The van der Waals surface area contributed by atoms with Crippen molar-refractivity contribution in [1.29, 1.82) is 0 Å². The van der Waals surface area contributed by atoms with Crippen LogP contribution in [0, 0.1) is 0 Å². The van der Waals surface area contributed by atoms with Crippen LogP contribution in [0.5, 0.6) is 0 Å². The van der Waals surface area contributed by atoms with E-state index in [0.29, 0.717) is 6.54 Å². The zero-order valence-electron chi connectivity index (χ0n) is 9.67. The number of benzene rings is 2. The van der Waals surface area contributed by atoms with Crippen LogP contribution in [0.3, 0.4) is 0 Å². The van der Waals surface area contributed by atoms with Crippen molar-refractivity contribution in [3.05, 3.63) is 64.4 Å². The first-order valence-electron chi connectivity index (χ1n) is 5.70. The molecule has 0 aliphatic rings. The van der Waals surface area contributed by atoms with Gasteiger partial charge >= 0.3 is 0 Å². The maximum Gasteiger partial charge on any atom is 0.273 e. The number of nitrogens with zero attached hydrogens (tertiary/aromatic N) is 1. The maximum absolute atomic E-state index is 12.2. The van der Waals surface area contributed by atoms with Crippen LogP contribution < -0.4 is 11.3 Å². The minimum atomic E-state index is 0.0381. The van der Waals surface area contributed by atoms with Gasteiger partial charge in [-0.25, -0.2) is 3.96 Å². The highest BCUT2D eigenvalue weighted by atomic mass is 32.1. The summed E-state index contributed by atoms with van der Waals surface area (Å²) in [5, 5.41) is 0.769. The summed E-state index contributed by atoms with van der Waals surface area (Å²) in [4.78, 5) is 12.2. The van der Waals surface area contributed by atoms with E-state index in [1.165, 1.54) is 11.5 Å². The van der Waals surface area contributed by atoms with E-state index in [1.54, 1.807) is 3.96 Å². The third kappa shape index (κ3) is 1.75. The number of aromatic nitrogens is 1. The maximum atomic E-state index is 12.2. The highest BCUT2D eigenvalue weighted by Crippen LogP contribution is 2.19. The number of hydrogen-bond donors (Lipinski definition) is 1. The minimum Gasteiger partial charge on any atom is -0.326 e. The molecule has 1 aromatic heterocycles. The van der Waals surface area contributed by atoms with Gasteiger partial charge in [-0.2, -0.15) is 0 Å². The van der Waals surface area contributed by atoms with Gasteiger partial charge in [0.25, 0.3) is 5.56 Å². The van der Waals surface area contributed by atoms with Crippen molar-refractivity contribution in [3.8, 4) is 5.69 Å². The first-order chi connectivity index (χ1) is 8.79. The van der Waals surface area contributed by atoms with E-state index in [1.807, 2.05) is 48.5 Å². The van der Waals surface area contributed by atoms with E-state index in [9.17, 15) is 4.79 Å². The van der Waals surface area contributed by atoms with Crippen molar-refractivity contribution >= 4 is 21.6 Å². The van der Waals surface area contributed by atoms with E-state index in [4.69, 9.17) is 5.73 Å². The Bertz CT molecular complexity index is 740. The van der Waals surface area contributed by atoms with E-state index in [0.717, 1.165) is 21.3 Å². The molecule has 2 aromatic carbocycles. The summed E-state index contributed by atoms with van der Waals surface area (Å²) in [6.45, 7) is 0.515. The molecule has 0 aliphatic carbocycles. The molecule has 0 unspecified atom stereocenters. The van der Waals surface area contributed by atoms with Gasteiger partial charge in [0.2, 0.25) is 0 Å². The summed E-state index contributed by atoms with van der Waals surface area (Å²) in [5.74, 6) is 0. The Kier molecular flexibility index (Phi) is 2.74. The fourth-order valence-electron chi connectivity index (χ4n) is 1.91. The number of fused-ring (bicyclic) bond motifs is 1. The zero-order chi connectivity index (χ0) is 12.5. The fraction of sp³-hybridized carbons (Fsp3) is 0.0714. The molecule has 3 aromatic rings. The average molecular weight is 256 g/mol. The van der Waals surface area contributed by atoms with Gasteiger partial charge < -0.3 is 5.73 Å². The van der Waals surface area contributed by atoms with Gasteiger partial charge in [-0.3, -0.25) is 4.79 Å². The molecule has 0 saturated heterocycles. The Labute approximate surface area is 108 Å². The van der Waals surface area contributed by atoms with Gasteiger partial charge in [0.15, 0.2) is 0 Å². The molecule has 0 amide bonds. The summed E-state index contributed by atoms with van der Waals surface area (Å²) in [6, 6.07) is 15.4. The van der Waals surface area contributed by atoms with Crippen molar-refractivity contribution in [3.63, 3.8) is 0 Å². The van der Waals surface area contributed by atoms with Gasteiger partial charge in [-0.15, -0.1) is 0 Å². The lowest BCUT2D eigenvalue weighted by Gasteiger charge is -2.01. The molecule has 18 heavy (non-hydrogen) atoms. The molecule has 0 spiro atoms. The highest BCUT2D eigenvalue weighted by molar-refractivity contribution is 7.14. The van der Waals surface area contributed by atoms with Crippen molar-refractivity contribution < 1.29 is 0 Å². The zero-order valence-corrected chi connectivity index (χ0v) is 10.5. The molecule has 90 valence electrons. The fourth-order valence-corrected chi connectivity index (χ4v) is 2.91. The van der Waals surface area contributed by atoms with Gasteiger partial charge in [0.05, 0.1) is 15.8 Å². The number of hydrogen-bond acceptors (Lipinski definition) is 3. The van der Waals surface area contributed by atoms with Crippen molar-refractivity contribution in [2.24, 2.45) is 5.73 Å². The van der Waals surface area contributed by atoms with Crippen LogP contribution in [0.1, 0.15) is 5.56 Å². The lowest BCUT2D eigenvalue weighted by atomic mass is 10.2. The predicted molar refractivity (Wildman–Crippen MR) is 75.3 cm³/mol. The second kappa shape index (κ2) is 4.40. The Morgan fingerprint density at radius 2 is 1.78 bits per heavy atom. The van der Waals surface area contributed by atoms with Crippen LogP contribution in [-0.4, -0.2) is 3.96 Å². The molecule has 0 fully saturated rings. The second-order valence-electron chi connectivity index (χ2n) is 4.06. The van der Waals surface area contributed by atoms with Gasteiger partial charge in [0.1, 0.15) is 0 Å². The van der Waals surface area contributed by atoms with Crippen LogP contribution in [0.4, 0.5) is 0 Å². The third-order valence-corrected chi connectivity index (χ3v) is 4.01. The first kappa shape index (κ1) is 11.2. The summed E-state index contributed by atoms with van der Waals surface area (Å²) in [7, 11) is 0. The van der Waals surface area contributed by atoms with E-state index < -0.39 is 0 Å². The van der Waals surface area contributed by atoms with Gasteiger partial charge in [-0.05, 0) is 29.8 Å². The molecule has 2 N–H and O–H groups in total. The molecule has 0 radical (unpaired) electrons. The Balaban J connectivity index is 2.18. The quantitative estimate of drug-likeness (QED) is 0.766. The molecule has 4 heteroatoms. The van der Waals surface area contributed by atoms with Crippen molar-refractivity contribution in [2.45, 2.75) is 6.54 Å². The highest BCUT2D eigenvalue weighted by Gasteiger charge is 2.07. The molecule has 0 saturated carbocycles. The molecule has 0 aliphatic heterocycles. The third-order valence-electron chi connectivity index (χ3n) is 2.90. The molecule has 1 heterocycles. The van der Waals surface area contributed by atoms with Crippen LogP contribution in [0.25, 0.3) is 15.8 Å². The normalized spacial score (nSPS) is 10.9. The molecule has 0 bridgehead atoms. The SMILES string of the molecule is NCc1ccc(-n2sc3ccccc3c2=O)cc1. The topological polar surface area (TPSA) is 48.0 Å². The first-order valence-corrected chi connectivity index (χ1v) is 6.47. The summed E-state index contributed by atoms with van der Waals surface area (Å²) in [5.41, 5.74) is 7.55. The number of rotatable bonds is 2. The van der Waals surface area contributed by atoms with E-state index in [2.05, 4.69) is 0 Å². The van der Waals surface area contributed by atoms with E-state index in [-0.39, 0.29) is 5.56 Å². The monoisotopic (exact) mass is 256 g/mol. The van der Waals surface area contributed by atoms with Crippen molar-refractivity contribution in [1.82, 2.24) is 3.96 Å². The summed E-state index contributed by atoms with van der Waals surface area (Å²) >= 11 is 1.46. The van der Waals surface area contributed by atoms with Crippen LogP contribution in [-0.2, 0) is 6.54 Å². The van der Waals surface area contributed by atoms with Gasteiger partial charge in [-0.1, -0.05) is 35.8 Å². The summed E-state index contributed by atoms with van der Waals surface area (Å²) in [6.07, 6.45) is 0. The lowest BCUT2D eigenvalue weighted by molar-refractivity contribution is 1.06. The molecule has 3 rings (SSSR count). The van der Waals surface area contributed by atoms with Crippen molar-refractivity contribution in [2.75, 3.05) is 0 Å². The van der Waals surface area contributed by atoms with E-state index >= 15 is 0 Å². The minimum absolute atomic E-state index is 0.0381. The van der Waals surface area contributed by atoms with Crippen LogP contribution >= 0.6 is 11.5 Å². The molecular formula is C14H12N2OS. The Hall–Kier alpha value is -1.91. The van der Waals surface area contributed by atoms with Crippen LogP contribution in [0.2, 0.25) is 0 Å². The number of nitrogens with two attached hydrogens (primary N) is 1. The average Bonchev–Trinajstić information content (AvgIpc) is 2.77. The lowest BCUT2D eigenvalue weighted by Crippen LogP contribution is -2.10. The van der Waals surface area contributed by atoms with Gasteiger partial charge in [0, 0.05) is 6.54 Å². The Morgan fingerprint density at radius 1 is 1.06 bits per heavy atom. The molecule has 0 atom stereocenters. The largest absolute Gasteiger partial charge is 0.326 e. The van der Waals surface area contributed by atoms with Crippen LogP contribution in [0.15, 0.2) is 53.3 Å². The predicted octanol–water partition coefficient (Wildman–Crippen LogP) is 2.51. The second-order valence-corrected chi connectivity index (χ2v) is 5.05. The summed E-state index contributed by atoms with van der Waals surface area (Å²) < 4.78 is 2.72.